The van der Waals surface area contributed by atoms with Gasteiger partial charge in [-0.1, -0.05) is 48.5 Å². The second kappa shape index (κ2) is 11.0. The highest BCUT2D eigenvalue weighted by Gasteiger charge is 2.12. The normalized spacial score (nSPS) is 11.5. The summed E-state index contributed by atoms with van der Waals surface area (Å²) in [7, 11) is 0. The first-order valence-corrected chi connectivity index (χ1v) is 10.7. The third-order valence-corrected chi connectivity index (χ3v) is 4.75. The van der Waals surface area contributed by atoms with Crippen LogP contribution in [0.15, 0.2) is 78.9 Å². The molecule has 0 spiro atoms. The van der Waals surface area contributed by atoms with E-state index in [0.717, 1.165) is 5.56 Å². The van der Waals surface area contributed by atoms with Crippen molar-refractivity contribution in [2.45, 2.75) is 32.9 Å². The van der Waals surface area contributed by atoms with Crippen LogP contribution in [0.5, 0.6) is 5.75 Å². The van der Waals surface area contributed by atoms with Crippen LogP contribution in [0.25, 0.3) is 0 Å². The maximum Gasteiger partial charge on any atom is 0.251 e. The minimum absolute atomic E-state index is 0.00433. The minimum atomic E-state index is -0.211. The van der Waals surface area contributed by atoms with Crippen molar-refractivity contribution in [1.29, 1.82) is 0 Å². The van der Waals surface area contributed by atoms with Crippen molar-refractivity contribution >= 4 is 23.2 Å². The fourth-order valence-corrected chi connectivity index (χ4v) is 3.18. The lowest BCUT2D eigenvalue weighted by molar-refractivity contribution is -0.114. The molecule has 0 fully saturated rings. The van der Waals surface area contributed by atoms with Gasteiger partial charge in [-0.25, -0.2) is 0 Å². The van der Waals surface area contributed by atoms with Gasteiger partial charge in [-0.3, -0.25) is 9.59 Å². The van der Waals surface area contributed by atoms with E-state index in [1.807, 2.05) is 75.4 Å². The van der Waals surface area contributed by atoms with E-state index in [-0.39, 0.29) is 30.5 Å². The average Bonchev–Trinajstić information content (AvgIpc) is 2.79. The van der Waals surface area contributed by atoms with E-state index in [0.29, 0.717) is 22.7 Å². The largest absolute Gasteiger partial charge is 0.489 e. The van der Waals surface area contributed by atoms with Gasteiger partial charge in [-0.2, -0.15) is 0 Å². The lowest BCUT2D eigenvalue weighted by Gasteiger charge is -2.16. The maximum atomic E-state index is 12.7. The van der Waals surface area contributed by atoms with Crippen molar-refractivity contribution < 1.29 is 14.3 Å². The van der Waals surface area contributed by atoms with Crippen LogP contribution in [0, 0.1) is 0 Å². The van der Waals surface area contributed by atoms with E-state index in [4.69, 9.17) is 4.74 Å². The van der Waals surface area contributed by atoms with E-state index in [1.165, 1.54) is 0 Å². The zero-order valence-corrected chi connectivity index (χ0v) is 18.6. The number of anilines is 2. The number of benzene rings is 3. The summed E-state index contributed by atoms with van der Waals surface area (Å²) in [5.74, 6) is 0.244. The van der Waals surface area contributed by atoms with Gasteiger partial charge in [0.1, 0.15) is 5.75 Å². The molecule has 166 valence electrons. The van der Waals surface area contributed by atoms with Gasteiger partial charge < -0.3 is 20.7 Å². The molecule has 1 atom stereocenters. The van der Waals surface area contributed by atoms with Crippen molar-refractivity contribution in [3.8, 4) is 5.75 Å². The molecule has 0 heterocycles. The Morgan fingerprint density at radius 1 is 0.875 bits per heavy atom. The molecule has 0 aromatic heterocycles. The standard InChI is InChI=1S/C26H29N3O3/c1-18(2)32-24-15-8-7-14-23(24)29-25(30)17-27-22-13-9-12-21(16-22)26(31)28-19(3)20-10-5-4-6-11-20/h4-16,18-19,27H,17H2,1-3H3,(H,28,31)(H,29,30). The summed E-state index contributed by atoms with van der Waals surface area (Å²) in [6.45, 7) is 5.87. The molecular weight excluding hydrogens is 402 g/mol. The third kappa shape index (κ3) is 6.60. The van der Waals surface area contributed by atoms with Crippen LogP contribution in [0.4, 0.5) is 11.4 Å². The van der Waals surface area contributed by atoms with Crippen molar-refractivity contribution in [1.82, 2.24) is 5.32 Å². The quantitative estimate of drug-likeness (QED) is 0.445. The van der Waals surface area contributed by atoms with Crippen molar-refractivity contribution in [2.75, 3.05) is 17.2 Å². The summed E-state index contributed by atoms with van der Waals surface area (Å²) in [6.07, 6.45) is 0.00433. The monoisotopic (exact) mass is 431 g/mol. The van der Waals surface area contributed by atoms with Crippen LogP contribution in [0.2, 0.25) is 0 Å². The third-order valence-electron chi connectivity index (χ3n) is 4.75. The van der Waals surface area contributed by atoms with E-state index in [2.05, 4.69) is 16.0 Å². The number of hydrogen-bond acceptors (Lipinski definition) is 4. The summed E-state index contributed by atoms with van der Waals surface area (Å²) < 4.78 is 5.74. The molecule has 0 radical (unpaired) electrons. The van der Waals surface area contributed by atoms with Crippen LogP contribution in [0.3, 0.4) is 0 Å². The molecule has 0 aliphatic heterocycles. The Labute approximate surface area is 189 Å². The highest BCUT2D eigenvalue weighted by molar-refractivity contribution is 5.97. The molecule has 6 nitrogen and oxygen atoms in total. The molecule has 2 amide bonds. The van der Waals surface area contributed by atoms with E-state index in [9.17, 15) is 9.59 Å². The number of carbonyl (C=O) groups excluding carboxylic acids is 2. The lowest BCUT2D eigenvalue weighted by Crippen LogP contribution is -2.27. The van der Waals surface area contributed by atoms with E-state index >= 15 is 0 Å². The highest BCUT2D eigenvalue weighted by Crippen LogP contribution is 2.24. The summed E-state index contributed by atoms with van der Waals surface area (Å²) >= 11 is 0. The number of carbonyl (C=O) groups is 2. The molecule has 3 aromatic rings. The average molecular weight is 432 g/mol. The van der Waals surface area contributed by atoms with Crippen LogP contribution in [-0.4, -0.2) is 24.5 Å². The molecule has 0 aliphatic rings. The van der Waals surface area contributed by atoms with Gasteiger partial charge in [-0.15, -0.1) is 0 Å². The zero-order chi connectivity index (χ0) is 22.9. The smallest absolute Gasteiger partial charge is 0.251 e. The molecule has 32 heavy (non-hydrogen) atoms. The minimum Gasteiger partial charge on any atom is -0.489 e. The molecule has 3 aromatic carbocycles. The van der Waals surface area contributed by atoms with Crippen molar-refractivity contribution in [3.63, 3.8) is 0 Å². The van der Waals surface area contributed by atoms with Gasteiger partial charge >= 0.3 is 0 Å². The van der Waals surface area contributed by atoms with Gasteiger partial charge in [0.2, 0.25) is 5.91 Å². The van der Waals surface area contributed by atoms with Crippen LogP contribution >= 0.6 is 0 Å². The second-order valence-corrected chi connectivity index (χ2v) is 7.75. The second-order valence-electron chi connectivity index (χ2n) is 7.75. The van der Waals surface area contributed by atoms with Crippen LogP contribution in [0.1, 0.15) is 42.7 Å². The summed E-state index contributed by atoms with van der Waals surface area (Å²) in [4.78, 5) is 25.1. The number of para-hydroxylation sites is 2. The van der Waals surface area contributed by atoms with Crippen LogP contribution in [-0.2, 0) is 4.79 Å². The molecule has 0 saturated carbocycles. The zero-order valence-electron chi connectivity index (χ0n) is 18.6. The fraction of sp³-hybridized carbons (Fsp3) is 0.231. The van der Waals surface area contributed by atoms with E-state index < -0.39 is 0 Å². The predicted octanol–water partition coefficient (Wildman–Crippen LogP) is 5.02. The molecule has 3 N–H and O–H groups in total. The fourth-order valence-electron chi connectivity index (χ4n) is 3.18. The first-order valence-electron chi connectivity index (χ1n) is 10.7. The Kier molecular flexibility index (Phi) is 7.86. The Bertz CT molecular complexity index is 1050. The van der Waals surface area contributed by atoms with Gasteiger partial charge in [0.05, 0.1) is 24.4 Å². The topological polar surface area (TPSA) is 79.5 Å². The Morgan fingerprint density at radius 3 is 2.34 bits per heavy atom. The number of nitrogens with one attached hydrogen (secondary N) is 3. The van der Waals surface area contributed by atoms with Crippen LogP contribution < -0.4 is 20.7 Å². The van der Waals surface area contributed by atoms with Gasteiger partial charge in [0.25, 0.3) is 5.91 Å². The van der Waals surface area contributed by atoms with Crippen molar-refractivity contribution in [3.05, 3.63) is 90.0 Å². The Balaban J connectivity index is 1.57. The SMILES string of the molecule is CC(C)Oc1ccccc1NC(=O)CNc1cccc(C(=O)NC(C)c2ccccc2)c1. The molecule has 6 heteroatoms. The summed E-state index contributed by atoms with van der Waals surface area (Å²) in [5.41, 5.74) is 2.87. The number of hydrogen-bond donors (Lipinski definition) is 3. The lowest BCUT2D eigenvalue weighted by atomic mass is 10.1. The molecular formula is C26H29N3O3. The Hall–Kier alpha value is -3.80. The first kappa shape index (κ1) is 22.9. The maximum absolute atomic E-state index is 12.7. The van der Waals surface area contributed by atoms with Gasteiger partial charge in [0.15, 0.2) is 0 Å². The summed E-state index contributed by atoms with van der Waals surface area (Å²) in [6, 6.07) is 24.1. The molecule has 0 saturated heterocycles. The predicted molar refractivity (Wildman–Crippen MR) is 128 cm³/mol. The highest BCUT2D eigenvalue weighted by atomic mass is 16.5. The number of rotatable bonds is 9. The molecule has 3 rings (SSSR count). The number of amides is 2. The van der Waals surface area contributed by atoms with Gasteiger partial charge in [-0.05, 0) is 56.7 Å². The molecule has 1 unspecified atom stereocenters. The summed E-state index contributed by atoms with van der Waals surface area (Å²) in [5, 5.41) is 8.93. The van der Waals surface area contributed by atoms with Gasteiger partial charge in [0, 0.05) is 11.3 Å². The Morgan fingerprint density at radius 2 is 1.59 bits per heavy atom. The molecule has 0 bridgehead atoms. The van der Waals surface area contributed by atoms with Crippen molar-refractivity contribution in [2.24, 2.45) is 0 Å². The first-order chi connectivity index (χ1) is 15.4. The van der Waals surface area contributed by atoms with E-state index in [1.54, 1.807) is 24.3 Å². The number of ether oxygens (including phenoxy) is 1. The molecule has 0 aliphatic carbocycles.